The van der Waals surface area contributed by atoms with Gasteiger partial charge in [0, 0.05) is 30.3 Å². The van der Waals surface area contributed by atoms with Crippen molar-refractivity contribution in [1.29, 1.82) is 0 Å². The summed E-state index contributed by atoms with van der Waals surface area (Å²) in [5.41, 5.74) is 6.41. The van der Waals surface area contributed by atoms with Crippen molar-refractivity contribution in [1.82, 2.24) is 0 Å². The number of ether oxygens (including phenoxy) is 3. The topological polar surface area (TPSA) is 83.9 Å². The van der Waals surface area contributed by atoms with Gasteiger partial charge in [-0.15, -0.1) is 0 Å². The fraction of sp³-hybridized carbons (Fsp3) is 0.211. The van der Waals surface area contributed by atoms with Crippen LogP contribution >= 0.6 is 0 Å². The van der Waals surface area contributed by atoms with Crippen LogP contribution in [0.25, 0.3) is 22.3 Å². The highest BCUT2D eigenvalue weighted by Crippen LogP contribution is 2.32. The summed E-state index contributed by atoms with van der Waals surface area (Å²) in [5.74, 6) is 2.13. The minimum Gasteiger partial charge on any atom is -0.496 e. The predicted octanol–water partition coefficient (Wildman–Crippen LogP) is 2.81. The van der Waals surface area contributed by atoms with Gasteiger partial charge in [-0.1, -0.05) is 0 Å². The van der Waals surface area contributed by atoms with Crippen molar-refractivity contribution in [3.8, 4) is 28.6 Å². The fourth-order valence-corrected chi connectivity index (χ4v) is 2.54. The molecule has 1 aromatic heterocycles. The smallest absolute Gasteiger partial charge is 0.197 e. The van der Waals surface area contributed by atoms with E-state index in [1.807, 2.05) is 12.1 Å². The Kier molecular flexibility index (Phi) is 4.90. The van der Waals surface area contributed by atoms with Crippen molar-refractivity contribution in [2.45, 2.75) is 0 Å². The van der Waals surface area contributed by atoms with Crippen molar-refractivity contribution < 1.29 is 18.6 Å². The maximum atomic E-state index is 12.5. The van der Waals surface area contributed by atoms with Gasteiger partial charge in [0.2, 0.25) is 0 Å². The maximum Gasteiger partial charge on any atom is 0.197 e. The summed E-state index contributed by atoms with van der Waals surface area (Å²) in [4.78, 5) is 12.5. The minimum absolute atomic E-state index is 0.181. The van der Waals surface area contributed by atoms with Crippen LogP contribution in [0, 0.1) is 0 Å². The molecular formula is C19H19NO5. The SMILES string of the molecule is COc1cc(OC)c2c(=O)cc(-c3ccc(OCCN)cc3)oc2c1. The second-order valence-electron chi connectivity index (χ2n) is 5.34. The quantitative estimate of drug-likeness (QED) is 0.742. The Balaban J connectivity index is 2.07. The largest absolute Gasteiger partial charge is 0.496 e. The van der Waals surface area contributed by atoms with E-state index in [1.54, 1.807) is 31.4 Å². The first-order valence-corrected chi connectivity index (χ1v) is 7.79. The van der Waals surface area contributed by atoms with Gasteiger partial charge in [0.25, 0.3) is 0 Å². The van der Waals surface area contributed by atoms with E-state index in [2.05, 4.69) is 0 Å². The summed E-state index contributed by atoms with van der Waals surface area (Å²) in [7, 11) is 3.05. The molecule has 0 bridgehead atoms. The Morgan fingerprint density at radius 1 is 1.00 bits per heavy atom. The van der Waals surface area contributed by atoms with Gasteiger partial charge in [0.1, 0.15) is 40.6 Å². The van der Waals surface area contributed by atoms with Crippen LogP contribution in [0.4, 0.5) is 0 Å². The second-order valence-corrected chi connectivity index (χ2v) is 5.34. The van der Waals surface area contributed by atoms with Gasteiger partial charge in [-0.25, -0.2) is 0 Å². The molecule has 1 heterocycles. The molecule has 0 aliphatic rings. The highest BCUT2D eigenvalue weighted by molar-refractivity contribution is 5.86. The Bertz CT molecular complexity index is 931. The van der Waals surface area contributed by atoms with Gasteiger partial charge < -0.3 is 24.4 Å². The second kappa shape index (κ2) is 7.27. The lowest BCUT2D eigenvalue weighted by Crippen LogP contribution is -2.10. The van der Waals surface area contributed by atoms with Crippen LogP contribution in [0.2, 0.25) is 0 Å². The molecular weight excluding hydrogens is 322 g/mol. The summed E-state index contributed by atoms with van der Waals surface area (Å²) >= 11 is 0. The van der Waals surface area contributed by atoms with Crippen molar-refractivity contribution in [2.75, 3.05) is 27.4 Å². The van der Waals surface area contributed by atoms with Crippen LogP contribution < -0.4 is 25.4 Å². The van der Waals surface area contributed by atoms with Gasteiger partial charge >= 0.3 is 0 Å². The number of fused-ring (bicyclic) bond motifs is 1. The summed E-state index contributed by atoms with van der Waals surface area (Å²) in [5, 5.41) is 0.384. The lowest BCUT2D eigenvalue weighted by molar-refractivity contribution is 0.328. The van der Waals surface area contributed by atoms with Gasteiger partial charge in [-0.3, -0.25) is 4.79 Å². The molecule has 2 N–H and O–H groups in total. The molecule has 0 saturated carbocycles. The summed E-state index contributed by atoms with van der Waals surface area (Å²) in [6.07, 6.45) is 0. The zero-order valence-corrected chi connectivity index (χ0v) is 14.1. The zero-order valence-electron chi connectivity index (χ0n) is 14.1. The monoisotopic (exact) mass is 341 g/mol. The van der Waals surface area contributed by atoms with Crippen LogP contribution in [-0.4, -0.2) is 27.4 Å². The van der Waals surface area contributed by atoms with Gasteiger partial charge in [0.05, 0.1) is 14.2 Å². The van der Waals surface area contributed by atoms with E-state index in [0.29, 0.717) is 47.1 Å². The Morgan fingerprint density at radius 2 is 1.76 bits per heavy atom. The molecule has 0 radical (unpaired) electrons. The molecule has 0 aliphatic carbocycles. The zero-order chi connectivity index (χ0) is 17.8. The Labute approximate surface area is 144 Å². The minimum atomic E-state index is -0.181. The number of benzene rings is 2. The van der Waals surface area contributed by atoms with Crippen molar-refractivity contribution >= 4 is 11.0 Å². The summed E-state index contributed by atoms with van der Waals surface area (Å²) in [6, 6.07) is 12.0. The average Bonchev–Trinajstić information content (AvgIpc) is 2.65. The van der Waals surface area contributed by atoms with E-state index >= 15 is 0 Å². The highest BCUT2D eigenvalue weighted by Gasteiger charge is 2.13. The lowest BCUT2D eigenvalue weighted by atomic mass is 10.1. The normalized spacial score (nSPS) is 10.7. The molecule has 3 aromatic rings. The van der Waals surface area contributed by atoms with Crippen molar-refractivity contribution in [2.24, 2.45) is 5.73 Å². The number of methoxy groups -OCH3 is 2. The third kappa shape index (κ3) is 3.44. The number of rotatable bonds is 6. The molecule has 6 nitrogen and oxygen atoms in total. The molecule has 2 aromatic carbocycles. The molecule has 0 fully saturated rings. The molecule has 25 heavy (non-hydrogen) atoms. The van der Waals surface area contributed by atoms with Crippen LogP contribution in [-0.2, 0) is 0 Å². The summed E-state index contributed by atoms with van der Waals surface area (Å²) < 4.78 is 21.9. The number of nitrogens with two attached hydrogens (primary N) is 1. The van der Waals surface area contributed by atoms with Crippen LogP contribution in [0.3, 0.4) is 0 Å². The first kappa shape index (κ1) is 16.9. The third-order valence-corrected chi connectivity index (χ3v) is 3.75. The van der Waals surface area contributed by atoms with E-state index < -0.39 is 0 Å². The fourth-order valence-electron chi connectivity index (χ4n) is 2.54. The molecule has 0 unspecified atom stereocenters. The maximum absolute atomic E-state index is 12.5. The Hall–Kier alpha value is -2.99. The molecule has 0 atom stereocenters. The van der Waals surface area contributed by atoms with Crippen molar-refractivity contribution in [3.05, 3.63) is 52.7 Å². The average molecular weight is 341 g/mol. The molecule has 0 aliphatic heterocycles. The molecule has 6 heteroatoms. The van der Waals surface area contributed by atoms with E-state index in [1.165, 1.54) is 13.2 Å². The lowest BCUT2D eigenvalue weighted by Gasteiger charge is -2.09. The first-order valence-electron chi connectivity index (χ1n) is 7.79. The van der Waals surface area contributed by atoms with E-state index in [0.717, 1.165) is 5.56 Å². The standard InChI is InChI=1S/C19H19NO5/c1-22-14-9-17(23-2)19-15(21)11-16(25-18(19)10-14)12-3-5-13(6-4-12)24-8-7-20/h3-6,9-11H,7-8,20H2,1-2H3. The number of hydrogen-bond acceptors (Lipinski definition) is 6. The predicted molar refractivity (Wildman–Crippen MR) is 95.6 cm³/mol. The number of hydrogen-bond donors (Lipinski definition) is 1. The van der Waals surface area contributed by atoms with Crippen LogP contribution in [0.1, 0.15) is 0 Å². The van der Waals surface area contributed by atoms with Gasteiger partial charge in [-0.05, 0) is 24.3 Å². The van der Waals surface area contributed by atoms with Gasteiger partial charge in [0.15, 0.2) is 5.43 Å². The van der Waals surface area contributed by atoms with Crippen molar-refractivity contribution in [3.63, 3.8) is 0 Å². The van der Waals surface area contributed by atoms with Gasteiger partial charge in [-0.2, -0.15) is 0 Å². The molecule has 0 amide bonds. The van der Waals surface area contributed by atoms with E-state index in [4.69, 9.17) is 24.4 Å². The van der Waals surface area contributed by atoms with Crippen LogP contribution in [0.5, 0.6) is 17.2 Å². The molecule has 0 saturated heterocycles. The van der Waals surface area contributed by atoms with E-state index in [9.17, 15) is 4.79 Å². The van der Waals surface area contributed by atoms with Crippen LogP contribution in [0.15, 0.2) is 51.7 Å². The molecule has 130 valence electrons. The Morgan fingerprint density at radius 3 is 2.40 bits per heavy atom. The summed E-state index contributed by atoms with van der Waals surface area (Å²) in [6.45, 7) is 0.898. The molecule has 3 rings (SSSR count). The van der Waals surface area contributed by atoms with E-state index in [-0.39, 0.29) is 5.43 Å². The first-order chi connectivity index (χ1) is 12.2. The third-order valence-electron chi connectivity index (χ3n) is 3.75. The highest BCUT2D eigenvalue weighted by atomic mass is 16.5. The molecule has 0 spiro atoms.